The van der Waals surface area contributed by atoms with Crippen molar-refractivity contribution in [2.75, 3.05) is 0 Å². The predicted octanol–water partition coefficient (Wildman–Crippen LogP) is 3.02. The van der Waals surface area contributed by atoms with E-state index in [4.69, 9.17) is 4.74 Å². The molecule has 2 aliphatic rings. The molecule has 0 aromatic rings. The number of carbonyl (C=O) groups is 1. The number of ether oxygens (including phenoxy) is 1. The molecule has 1 saturated heterocycles. The number of hydrogen-bond donors (Lipinski definition) is 1. The first-order valence-corrected chi connectivity index (χ1v) is 7.72. The summed E-state index contributed by atoms with van der Waals surface area (Å²) in [6.07, 6.45) is 4.71. The van der Waals surface area contributed by atoms with Gasteiger partial charge in [-0.3, -0.25) is 4.79 Å². The zero-order valence-electron chi connectivity index (χ0n) is 12.3. The van der Waals surface area contributed by atoms with Crippen molar-refractivity contribution in [1.82, 2.24) is 0 Å². The molecule has 20 heavy (non-hydrogen) atoms. The Hall–Kier alpha value is -0.900. The molecule has 6 atom stereocenters. The fraction of sp³-hybridized carbons (Fsp3) is 0.812. The van der Waals surface area contributed by atoms with Crippen molar-refractivity contribution in [3.63, 3.8) is 0 Å². The molecule has 1 saturated carbocycles. The number of hydrogen-bond acceptors (Lipinski definition) is 3. The molecule has 0 unspecified atom stereocenters. The second-order valence-corrected chi connectivity index (χ2v) is 6.22. The Morgan fingerprint density at radius 3 is 3.00 bits per heavy atom. The standard InChI is InChI=1S/C16H25FO3/c1-3-4-5-13(17)14(18)7-6-11-10(2)8-15-12(11)9-16(19)20-15/h6-7,10-15,18H,3-5,8-9H2,1-2H3/t10-,11+,12-,13-,14+,15+/m1/s1. The van der Waals surface area contributed by atoms with E-state index >= 15 is 0 Å². The topological polar surface area (TPSA) is 46.5 Å². The highest BCUT2D eigenvalue weighted by molar-refractivity contribution is 5.72. The number of esters is 1. The van der Waals surface area contributed by atoms with Crippen LogP contribution in [0, 0.1) is 17.8 Å². The molecule has 0 bridgehead atoms. The van der Waals surface area contributed by atoms with Gasteiger partial charge < -0.3 is 9.84 Å². The lowest BCUT2D eigenvalue weighted by Crippen LogP contribution is -2.20. The zero-order chi connectivity index (χ0) is 14.7. The first-order valence-electron chi connectivity index (χ1n) is 7.72. The van der Waals surface area contributed by atoms with Crippen molar-refractivity contribution in [2.24, 2.45) is 17.8 Å². The van der Waals surface area contributed by atoms with E-state index in [-0.39, 0.29) is 23.9 Å². The van der Waals surface area contributed by atoms with E-state index < -0.39 is 12.3 Å². The Morgan fingerprint density at radius 2 is 2.30 bits per heavy atom. The third-order valence-corrected chi connectivity index (χ3v) is 4.65. The van der Waals surface area contributed by atoms with Gasteiger partial charge in [-0.05, 0) is 24.7 Å². The van der Waals surface area contributed by atoms with Gasteiger partial charge in [0.05, 0.1) is 6.42 Å². The number of allylic oxidation sites excluding steroid dienone is 1. The van der Waals surface area contributed by atoms with Crippen LogP contribution in [0.1, 0.15) is 46.0 Å². The summed E-state index contributed by atoms with van der Waals surface area (Å²) >= 11 is 0. The normalized spacial score (nSPS) is 36.1. The number of carbonyl (C=O) groups excluding carboxylic acids is 1. The number of alkyl halides is 1. The van der Waals surface area contributed by atoms with Crippen LogP contribution in [0.5, 0.6) is 0 Å². The molecule has 0 radical (unpaired) electrons. The summed E-state index contributed by atoms with van der Waals surface area (Å²) in [5, 5.41) is 9.82. The highest BCUT2D eigenvalue weighted by Crippen LogP contribution is 2.45. The number of aliphatic hydroxyl groups is 1. The van der Waals surface area contributed by atoms with Crippen molar-refractivity contribution >= 4 is 5.97 Å². The van der Waals surface area contributed by atoms with E-state index in [2.05, 4.69) is 6.92 Å². The van der Waals surface area contributed by atoms with E-state index in [0.717, 1.165) is 19.3 Å². The summed E-state index contributed by atoms with van der Waals surface area (Å²) in [7, 11) is 0. The molecule has 1 aliphatic heterocycles. The Bertz CT molecular complexity index is 369. The average molecular weight is 284 g/mol. The molecule has 3 nitrogen and oxygen atoms in total. The lowest BCUT2D eigenvalue weighted by Gasteiger charge is -2.17. The van der Waals surface area contributed by atoms with E-state index in [1.165, 1.54) is 0 Å². The third-order valence-electron chi connectivity index (χ3n) is 4.65. The number of halogens is 1. The van der Waals surface area contributed by atoms with Crippen LogP contribution in [-0.4, -0.2) is 29.5 Å². The van der Waals surface area contributed by atoms with E-state index in [0.29, 0.717) is 18.8 Å². The first-order chi connectivity index (χ1) is 9.52. The fourth-order valence-electron chi connectivity index (χ4n) is 3.45. The van der Waals surface area contributed by atoms with E-state index in [9.17, 15) is 14.3 Å². The first kappa shape index (κ1) is 15.5. The second-order valence-electron chi connectivity index (χ2n) is 6.22. The van der Waals surface area contributed by atoms with Gasteiger partial charge in [-0.2, -0.15) is 0 Å². The summed E-state index contributed by atoms with van der Waals surface area (Å²) in [6, 6.07) is 0. The number of unbranched alkanes of at least 4 members (excludes halogenated alkanes) is 1. The molecular weight excluding hydrogens is 259 g/mol. The molecule has 0 aromatic carbocycles. The lowest BCUT2D eigenvalue weighted by molar-refractivity contribution is -0.141. The largest absolute Gasteiger partial charge is 0.462 e. The highest BCUT2D eigenvalue weighted by Gasteiger charge is 2.47. The van der Waals surface area contributed by atoms with Gasteiger partial charge in [0.15, 0.2) is 0 Å². The van der Waals surface area contributed by atoms with Gasteiger partial charge in [0.1, 0.15) is 18.4 Å². The van der Waals surface area contributed by atoms with Gasteiger partial charge in [-0.15, -0.1) is 0 Å². The van der Waals surface area contributed by atoms with Crippen LogP contribution in [0.15, 0.2) is 12.2 Å². The van der Waals surface area contributed by atoms with Crippen molar-refractivity contribution in [3.05, 3.63) is 12.2 Å². The molecule has 1 heterocycles. The summed E-state index contributed by atoms with van der Waals surface area (Å²) in [4.78, 5) is 11.3. The maximum atomic E-state index is 13.7. The minimum absolute atomic E-state index is 0.0190. The van der Waals surface area contributed by atoms with Crippen LogP contribution < -0.4 is 0 Å². The SMILES string of the molecule is CCCC[C@@H](F)[C@@H](O)C=C[C@@H]1[C@H]2CC(=O)O[C@H]2C[C@H]1C. The molecule has 1 N–H and O–H groups in total. The summed E-state index contributed by atoms with van der Waals surface area (Å²) in [6.45, 7) is 4.13. The number of rotatable bonds is 6. The second kappa shape index (κ2) is 6.70. The molecule has 114 valence electrons. The quantitative estimate of drug-likeness (QED) is 0.602. The van der Waals surface area contributed by atoms with E-state index in [1.807, 2.05) is 13.0 Å². The van der Waals surface area contributed by atoms with Crippen LogP contribution >= 0.6 is 0 Å². The molecule has 0 amide bonds. The third kappa shape index (κ3) is 3.40. The van der Waals surface area contributed by atoms with Gasteiger partial charge >= 0.3 is 5.97 Å². The van der Waals surface area contributed by atoms with Gasteiger partial charge in [0.25, 0.3) is 0 Å². The van der Waals surface area contributed by atoms with Crippen LogP contribution in [0.3, 0.4) is 0 Å². The van der Waals surface area contributed by atoms with Crippen LogP contribution in [0.4, 0.5) is 4.39 Å². The minimum atomic E-state index is -1.19. The van der Waals surface area contributed by atoms with Crippen LogP contribution in [0.25, 0.3) is 0 Å². The predicted molar refractivity (Wildman–Crippen MR) is 74.8 cm³/mol. The smallest absolute Gasteiger partial charge is 0.306 e. The summed E-state index contributed by atoms with van der Waals surface area (Å²) in [5.74, 6) is 0.696. The average Bonchev–Trinajstić information content (AvgIpc) is 2.88. The molecule has 0 aromatic heterocycles. The van der Waals surface area contributed by atoms with Crippen molar-refractivity contribution in [1.29, 1.82) is 0 Å². The van der Waals surface area contributed by atoms with Crippen molar-refractivity contribution in [3.8, 4) is 0 Å². The molecule has 1 aliphatic carbocycles. The Labute approximate surface area is 120 Å². The van der Waals surface area contributed by atoms with Crippen molar-refractivity contribution < 1.29 is 19.0 Å². The maximum Gasteiger partial charge on any atom is 0.306 e. The summed E-state index contributed by atoms with van der Waals surface area (Å²) in [5.41, 5.74) is 0. The fourth-order valence-corrected chi connectivity index (χ4v) is 3.45. The number of fused-ring (bicyclic) bond motifs is 1. The van der Waals surface area contributed by atoms with Crippen LogP contribution in [-0.2, 0) is 9.53 Å². The zero-order valence-corrected chi connectivity index (χ0v) is 12.3. The molecule has 2 rings (SSSR count). The van der Waals surface area contributed by atoms with Crippen LogP contribution in [0.2, 0.25) is 0 Å². The van der Waals surface area contributed by atoms with Gasteiger partial charge in [-0.25, -0.2) is 4.39 Å². The number of aliphatic hydroxyl groups excluding tert-OH is 1. The minimum Gasteiger partial charge on any atom is -0.462 e. The molecule has 2 fully saturated rings. The van der Waals surface area contributed by atoms with Gasteiger partial charge in [0.2, 0.25) is 0 Å². The Morgan fingerprint density at radius 1 is 1.55 bits per heavy atom. The van der Waals surface area contributed by atoms with E-state index in [1.54, 1.807) is 6.08 Å². The molecule has 4 heteroatoms. The van der Waals surface area contributed by atoms with Gasteiger partial charge in [-0.1, -0.05) is 38.8 Å². The summed E-state index contributed by atoms with van der Waals surface area (Å²) < 4.78 is 19.0. The Balaban J connectivity index is 1.91. The maximum absolute atomic E-state index is 13.7. The molecular formula is C16H25FO3. The van der Waals surface area contributed by atoms with Crippen molar-refractivity contribution in [2.45, 2.75) is 64.3 Å². The Kier molecular flexibility index (Phi) is 5.19. The lowest BCUT2D eigenvalue weighted by atomic mass is 9.87. The monoisotopic (exact) mass is 284 g/mol. The van der Waals surface area contributed by atoms with Gasteiger partial charge in [0, 0.05) is 5.92 Å². The highest BCUT2D eigenvalue weighted by atomic mass is 19.1. The molecule has 0 spiro atoms.